The van der Waals surface area contributed by atoms with E-state index in [1.807, 2.05) is 6.07 Å². The Morgan fingerprint density at radius 3 is 2.81 bits per heavy atom. The Kier molecular flexibility index (Phi) is 6.58. The lowest BCUT2D eigenvalue weighted by molar-refractivity contribution is -0.0250. The first-order valence-electron chi connectivity index (χ1n) is 9.58. The largest absolute Gasteiger partial charge is 0.458 e. The Bertz CT molecular complexity index is 1100. The van der Waals surface area contributed by atoms with E-state index in [4.69, 9.17) is 15.3 Å². The van der Waals surface area contributed by atoms with Crippen LogP contribution in [0.5, 0.6) is 0 Å². The zero-order valence-electron chi connectivity index (χ0n) is 16.7. The van der Waals surface area contributed by atoms with Crippen LogP contribution in [0, 0.1) is 0 Å². The highest BCUT2D eigenvalue weighted by Crippen LogP contribution is 2.43. The highest BCUT2D eigenvalue weighted by atomic mass is 32.2. The number of hydrogen-bond acceptors (Lipinski definition) is 10. The lowest BCUT2D eigenvalue weighted by Crippen LogP contribution is -2.44. The van der Waals surface area contributed by atoms with E-state index in [9.17, 15) is 14.4 Å². The number of carbonyl (C=O) groups is 2. The number of hydrogen-bond donors (Lipinski definition) is 3. The number of anilines is 1. The molecular formula is C19H20N6O5S2. The number of aromatic nitrogens is 1. The number of benzene rings is 1. The summed E-state index contributed by atoms with van der Waals surface area (Å²) in [6.07, 6.45) is 0.643. The first kappa shape index (κ1) is 22.0. The molecule has 2 aliphatic heterocycles. The lowest BCUT2D eigenvalue weighted by atomic mass is 10.2. The number of esters is 1. The Balaban J connectivity index is 1.54. The maximum Gasteiger partial charge on any atom is 0.338 e. The number of rotatable bonds is 7. The molecule has 1 fully saturated rings. The molecular weight excluding hydrogens is 456 g/mol. The van der Waals surface area contributed by atoms with Gasteiger partial charge in [-0.05, 0) is 18.6 Å². The van der Waals surface area contributed by atoms with E-state index in [-0.39, 0.29) is 27.4 Å². The van der Waals surface area contributed by atoms with Crippen LogP contribution in [0.3, 0.4) is 0 Å². The number of nitrogens with zero attached hydrogens (tertiary/aromatic N) is 3. The molecule has 168 valence electrons. The molecule has 1 aromatic heterocycles. The molecule has 0 aliphatic carbocycles. The van der Waals surface area contributed by atoms with Crippen molar-refractivity contribution >= 4 is 40.8 Å². The lowest BCUT2D eigenvalue weighted by Gasteiger charge is -2.25. The Labute approximate surface area is 190 Å². The van der Waals surface area contributed by atoms with Crippen LogP contribution in [0.1, 0.15) is 32.7 Å². The first-order chi connectivity index (χ1) is 15.5. The minimum absolute atomic E-state index is 0.00153. The third-order valence-electron chi connectivity index (χ3n) is 4.72. The van der Waals surface area contributed by atoms with Gasteiger partial charge in [-0.25, -0.2) is 4.79 Å². The van der Waals surface area contributed by atoms with Gasteiger partial charge in [0.1, 0.15) is 22.7 Å². The summed E-state index contributed by atoms with van der Waals surface area (Å²) in [5, 5.41) is 12.2. The standard InChI is InChI=1S/C19H20N6O5S2/c1-2-6-11-16(30-12(31-11)9-29-17(27)10-7-4-3-5-8-10)25-14-13(32-19(25)28)15(26)22-18(21-14)23-24-20/h2-5,7-8,11-12,16,18,21H,1,6,9H2,(H2,20,23)(H,22,26). The van der Waals surface area contributed by atoms with Crippen LogP contribution < -0.4 is 21.3 Å². The summed E-state index contributed by atoms with van der Waals surface area (Å²) in [4.78, 5) is 37.3. The van der Waals surface area contributed by atoms with Crippen molar-refractivity contribution in [3.63, 3.8) is 0 Å². The maximum absolute atomic E-state index is 12.8. The molecule has 1 amide bonds. The molecule has 1 aromatic carbocycles. The fourth-order valence-corrected chi connectivity index (χ4v) is 5.52. The molecule has 1 saturated heterocycles. The van der Waals surface area contributed by atoms with Crippen LogP contribution in [0.25, 0.3) is 0 Å². The zero-order chi connectivity index (χ0) is 22.7. The van der Waals surface area contributed by atoms with Crippen molar-refractivity contribution in [3.8, 4) is 0 Å². The summed E-state index contributed by atoms with van der Waals surface area (Å²) < 4.78 is 12.9. The molecule has 2 aromatic rings. The van der Waals surface area contributed by atoms with E-state index in [2.05, 4.69) is 27.6 Å². The molecule has 4 N–H and O–H groups in total. The van der Waals surface area contributed by atoms with Crippen LogP contribution >= 0.6 is 23.1 Å². The van der Waals surface area contributed by atoms with Gasteiger partial charge in [-0.15, -0.1) is 23.5 Å². The van der Waals surface area contributed by atoms with Crippen molar-refractivity contribution in [2.75, 3.05) is 11.9 Å². The molecule has 0 radical (unpaired) electrons. The predicted molar refractivity (Wildman–Crippen MR) is 119 cm³/mol. The van der Waals surface area contributed by atoms with Crippen molar-refractivity contribution in [1.29, 1.82) is 0 Å². The number of carbonyl (C=O) groups excluding carboxylic acids is 2. The van der Waals surface area contributed by atoms with Gasteiger partial charge < -0.3 is 25.9 Å². The predicted octanol–water partition coefficient (Wildman–Crippen LogP) is 2.06. The summed E-state index contributed by atoms with van der Waals surface area (Å²) in [6, 6.07) is 8.64. The number of fused-ring (bicyclic) bond motifs is 1. The van der Waals surface area contributed by atoms with E-state index in [1.165, 1.54) is 16.3 Å². The molecule has 4 rings (SSSR count). The third-order valence-corrected chi connectivity index (χ3v) is 7.00. The molecule has 0 saturated carbocycles. The van der Waals surface area contributed by atoms with Crippen LogP contribution in [0.2, 0.25) is 0 Å². The first-order valence-corrected chi connectivity index (χ1v) is 11.3. The van der Waals surface area contributed by atoms with E-state index < -0.39 is 29.8 Å². The van der Waals surface area contributed by atoms with Crippen molar-refractivity contribution in [3.05, 3.63) is 63.1 Å². The van der Waals surface area contributed by atoms with E-state index in [1.54, 1.807) is 30.3 Å². The average molecular weight is 477 g/mol. The zero-order valence-corrected chi connectivity index (χ0v) is 18.3. The second-order valence-corrected chi connectivity index (χ2v) is 9.15. The highest BCUT2D eigenvalue weighted by molar-refractivity contribution is 8.00. The number of ether oxygens (including phenoxy) is 2. The number of allylic oxidation sites excluding steroid dienone is 1. The van der Waals surface area contributed by atoms with Crippen LogP contribution in [-0.2, 0) is 9.47 Å². The minimum Gasteiger partial charge on any atom is -0.458 e. The monoisotopic (exact) mass is 476 g/mol. The fourth-order valence-electron chi connectivity index (χ4n) is 3.37. The quantitative estimate of drug-likeness (QED) is 0.181. The fraction of sp³-hybridized carbons (Fsp3) is 0.316. The molecule has 0 spiro atoms. The highest BCUT2D eigenvalue weighted by Gasteiger charge is 2.41. The number of thioether (sulfide) groups is 1. The van der Waals surface area contributed by atoms with Gasteiger partial charge in [-0.3, -0.25) is 14.2 Å². The van der Waals surface area contributed by atoms with Crippen molar-refractivity contribution in [2.45, 2.75) is 29.6 Å². The number of nitrogens with one attached hydrogen (secondary N) is 2. The van der Waals surface area contributed by atoms with Gasteiger partial charge in [0.2, 0.25) is 6.29 Å². The molecule has 3 heterocycles. The van der Waals surface area contributed by atoms with E-state index in [0.717, 1.165) is 11.3 Å². The topological polar surface area (TPSA) is 149 Å². The maximum atomic E-state index is 12.8. The smallest absolute Gasteiger partial charge is 0.338 e. The number of amides is 1. The molecule has 2 aliphatic rings. The summed E-state index contributed by atoms with van der Waals surface area (Å²) in [5.74, 6) is 4.45. The van der Waals surface area contributed by atoms with E-state index in [0.29, 0.717) is 12.0 Å². The van der Waals surface area contributed by atoms with Gasteiger partial charge in [-0.1, -0.05) is 40.8 Å². The Morgan fingerprint density at radius 1 is 1.31 bits per heavy atom. The molecule has 32 heavy (non-hydrogen) atoms. The molecule has 4 atom stereocenters. The minimum atomic E-state index is -0.908. The van der Waals surface area contributed by atoms with Crippen molar-refractivity contribution < 1.29 is 19.1 Å². The van der Waals surface area contributed by atoms with Gasteiger partial charge in [0, 0.05) is 0 Å². The van der Waals surface area contributed by atoms with Crippen molar-refractivity contribution in [2.24, 2.45) is 16.2 Å². The molecule has 0 bridgehead atoms. The SMILES string of the molecule is C=CCC1SC(COC(=O)c2ccccc2)OC1n1c2c(sc1=O)C(=O)NC(N=NN)N2. The van der Waals surface area contributed by atoms with E-state index >= 15 is 0 Å². The molecule has 11 nitrogen and oxygen atoms in total. The average Bonchev–Trinajstić information content (AvgIpc) is 3.33. The summed E-state index contributed by atoms with van der Waals surface area (Å²) >= 11 is 2.23. The summed E-state index contributed by atoms with van der Waals surface area (Å²) in [7, 11) is 0. The van der Waals surface area contributed by atoms with Crippen LogP contribution in [-0.4, -0.2) is 40.0 Å². The van der Waals surface area contributed by atoms with Gasteiger partial charge in [0.25, 0.3) is 5.91 Å². The van der Waals surface area contributed by atoms with Gasteiger partial charge in [0.15, 0.2) is 6.23 Å². The molecule has 13 heteroatoms. The van der Waals surface area contributed by atoms with Gasteiger partial charge in [-0.2, -0.15) is 0 Å². The number of thiazole rings is 1. The van der Waals surface area contributed by atoms with Gasteiger partial charge in [0.05, 0.1) is 10.8 Å². The third kappa shape index (κ3) is 4.40. The van der Waals surface area contributed by atoms with Crippen LogP contribution in [0.4, 0.5) is 5.82 Å². The van der Waals surface area contributed by atoms with Crippen LogP contribution in [0.15, 0.2) is 58.1 Å². The Morgan fingerprint density at radius 2 is 2.09 bits per heavy atom. The second-order valence-electron chi connectivity index (χ2n) is 6.79. The molecule has 4 unspecified atom stereocenters. The van der Waals surface area contributed by atoms with Crippen molar-refractivity contribution in [1.82, 2.24) is 9.88 Å². The Hall–Kier alpha value is -3.16. The second kappa shape index (κ2) is 9.54. The van der Waals surface area contributed by atoms with Gasteiger partial charge >= 0.3 is 10.8 Å². The summed E-state index contributed by atoms with van der Waals surface area (Å²) in [5.41, 5.74) is -0.0647. The number of nitrogens with two attached hydrogens (primary N) is 1. The normalized spacial score (nSPS) is 24.6. The summed E-state index contributed by atoms with van der Waals surface area (Å²) in [6.45, 7) is 3.78.